The summed E-state index contributed by atoms with van der Waals surface area (Å²) in [5.74, 6) is -0.653. The van der Waals surface area contributed by atoms with Crippen molar-refractivity contribution in [2.75, 3.05) is 31.3 Å². The zero-order chi connectivity index (χ0) is 20.7. The summed E-state index contributed by atoms with van der Waals surface area (Å²) in [7, 11) is 0. The zero-order valence-corrected chi connectivity index (χ0v) is 17.3. The lowest BCUT2D eigenvalue weighted by atomic mass is 9.97. The van der Waals surface area contributed by atoms with Gasteiger partial charge in [0.2, 0.25) is 0 Å². The Labute approximate surface area is 176 Å². The van der Waals surface area contributed by atoms with Crippen LogP contribution in [0.25, 0.3) is 10.8 Å². The molecule has 1 amide bonds. The molecule has 0 aliphatic carbocycles. The zero-order valence-electron chi connectivity index (χ0n) is 17.3. The summed E-state index contributed by atoms with van der Waals surface area (Å²) in [6.07, 6.45) is 0.791. The van der Waals surface area contributed by atoms with E-state index < -0.39 is 5.79 Å². The smallest absolute Gasteiger partial charge is 0.292 e. The highest BCUT2D eigenvalue weighted by atomic mass is 16.7. The van der Waals surface area contributed by atoms with E-state index in [4.69, 9.17) is 14.2 Å². The Kier molecular flexibility index (Phi) is 4.72. The van der Waals surface area contributed by atoms with Gasteiger partial charge in [-0.1, -0.05) is 48.5 Å². The molecule has 5 rings (SSSR count). The molecule has 1 spiro atoms. The molecule has 2 heterocycles. The molecule has 3 aromatic carbocycles. The molecule has 0 bridgehead atoms. The standard InChI is InChI=1S/C25H25NO4/c1-17-11-12-18(2)23-22(17)25(29-14-6-15-30-25)24(27)26(23)13-16-28-21-10-5-8-19-7-3-4-9-20(19)21/h3-5,7-12H,6,13-16H2,1-2H3. The van der Waals surface area contributed by atoms with Crippen molar-refractivity contribution in [2.24, 2.45) is 0 Å². The van der Waals surface area contributed by atoms with Gasteiger partial charge in [-0.25, -0.2) is 0 Å². The average Bonchev–Trinajstić information content (AvgIpc) is 3.01. The molecule has 0 aromatic heterocycles. The lowest BCUT2D eigenvalue weighted by Gasteiger charge is -2.33. The van der Waals surface area contributed by atoms with E-state index in [1.807, 2.05) is 56.3 Å². The second-order valence-electron chi connectivity index (χ2n) is 7.87. The maximum atomic E-state index is 13.5. The third-order valence-corrected chi connectivity index (χ3v) is 5.94. The molecule has 154 valence electrons. The number of nitrogens with zero attached hydrogens (tertiary/aromatic N) is 1. The van der Waals surface area contributed by atoms with Crippen LogP contribution in [0, 0.1) is 13.8 Å². The number of fused-ring (bicyclic) bond motifs is 3. The van der Waals surface area contributed by atoms with Gasteiger partial charge in [0.1, 0.15) is 12.4 Å². The van der Waals surface area contributed by atoms with Gasteiger partial charge in [0.15, 0.2) is 0 Å². The molecule has 0 N–H and O–H groups in total. The van der Waals surface area contributed by atoms with E-state index in [2.05, 4.69) is 12.1 Å². The highest BCUT2D eigenvalue weighted by molar-refractivity contribution is 6.07. The van der Waals surface area contributed by atoms with Gasteiger partial charge in [-0.15, -0.1) is 0 Å². The lowest BCUT2D eigenvalue weighted by molar-refractivity contribution is -0.257. The number of benzene rings is 3. The van der Waals surface area contributed by atoms with Gasteiger partial charge in [-0.05, 0) is 42.8 Å². The van der Waals surface area contributed by atoms with Gasteiger partial charge < -0.3 is 19.1 Å². The first-order valence-corrected chi connectivity index (χ1v) is 10.4. The van der Waals surface area contributed by atoms with Crippen LogP contribution >= 0.6 is 0 Å². The van der Waals surface area contributed by atoms with E-state index in [1.165, 1.54) is 0 Å². The van der Waals surface area contributed by atoms with Crippen LogP contribution in [0.5, 0.6) is 5.75 Å². The topological polar surface area (TPSA) is 48.0 Å². The van der Waals surface area contributed by atoms with E-state index in [0.717, 1.165) is 45.3 Å². The van der Waals surface area contributed by atoms with Crippen molar-refractivity contribution in [3.05, 3.63) is 71.3 Å². The number of hydrogen-bond acceptors (Lipinski definition) is 4. The summed E-state index contributed by atoms with van der Waals surface area (Å²) in [6.45, 7) is 5.85. The van der Waals surface area contributed by atoms with Crippen LogP contribution in [0.4, 0.5) is 5.69 Å². The van der Waals surface area contributed by atoms with Crippen molar-refractivity contribution in [3.63, 3.8) is 0 Å². The Morgan fingerprint density at radius 2 is 1.70 bits per heavy atom. The van der Waals surface area contributed by atoms with Gasteiger partial charge >= 0.3 is 0 Å². The predicted octanol–water partition coefficient (Wildman–Crippen LogP) is 4.47. The fourth-order valence-electron chi connectivity index (χ4n) is 4.53. The molecule has 1 saturated heterocycles. The maximum Gasteiger partial charge on any atom is 0.292 e. The minimum atomic E-state index is -1.32. The number of aryl methyl sites for hydroxylation is 2. The maximum absolute atomic E-state index is 13.5. The average molecular weight is 403 g/mol. The molecule has 30 heavy (non-hydrogen) atoms. The highest BCUT2D eigenvalue weighted by Gasteiger charge is 2.56. The second-order valence-corrected chi connectivity index (χ2v) is 7.87. The first-order chi connectivity index (χ1) is 14.6. The largest absolute Gasteiger partial charge is 0.491 e. The third-order valence-electron chi connectivity index (χ3n) is 5.94. The first-order valence-electron chi connectivity index (χ1n) is 10.4. The lowest BCUT2D eigenvalue weighted by Crippen LogP contribution is -2.48. The Morgan fingerprint density at radius 3 is 2.53 bits per heavy atom. The fourth-order valence-corrected chi connectivity index (χ4v) is 4.53. The minimum absolute atomic E-state index is 0.156. The normalized spacial score (nSPS) is 17.5. The molecule has 2 aliphatic rings. The molecule has 2 aliphatic heterocycles. The fraction of sp³-hybridized carbons (Fsp3) is 0.320. The number of carbonyl (C=O) groups excluding carboxylic acids is 1. The van der Waals surface area contributed by atoms with Gasteiger partial charge in [-0.3, -0.25) is 4.79 Å². The van der Waals surface area contributed by atoms with Crippen LogP contribution in [0.2, 0.25) is 0 Å². The molecule has 0 radical (unpaired) electrons. The van der Waals surface area contributed by atoms with E-state index in [1.54, 1.807) is 4.90 Å². The SMILES string of the molecule is Cc1ccc(C)c2c1N(CCOc1cccc3ccccc13)C(=O)C21OCCCO1. The minimum Gasteiger partial charge on any atom is -0.491 e. The Hall–Kier alpha value is -2.89. The van der Waals surface area contributed by atoms with Crippen molar-refractivity contribution < 1.29 is 19.0 Å². The summed E-state index contributed by atoms with van der Waals surface area (Å²) in [6, 6.07) is 18.2. The van der Waals surface area contributed by atoms with Crippen LogP contribution in [-0.2, 0) is 20.1 Å². The summed E-state index contributed by atoms with van der Waals surface area (Å²) in [4.78, 5) is 15.3. The van der Waals surface area contributed by atoms with Crippen molar-refractivity contribution in [3.8, 4) is 5.75 Å². The van der Waals surface area contributed by atoms with Crippen LogP contribution in [0.3, 0.4) is 0 Å². The van der Waals surface area contributed by atoms with Gasteiger partial charge in [0, 0.05) is 10.9 Å². The number of amides is 1. The van der Waals surface area contributed by atoms with Crippen molar-refractivity contribution in [1.29, 1.82) is 0 Å². The molecule has 5 nitrogen and oxygen atoms in total. The quantitative estimate of drug-likeness (QED) is 0.645. The van der Waals surface area contributed by atoms with Crippen molar-refractivity contribution in [2.45, 2.75) is 26.1 Å². The number of ether oxygens (including phenoxy) is 3. The Morgan fingerprint density at radius 1 is 0.967 bits per heavy atom. The molecular formula is C25H25NO4. The van der Waals surface area contributed by atoms with Gasteiger partial charge in [0.25, 0.3) is 11.7 Å². The van der Waals surface area contributed by atoms with Crippen molar-refractivity contribution in [1.82, 2.24) is 0 Å². The summed E-state index contributed by atoms with van der Waals surface area (Å²) >= 11 is 0. The Balaban J connectivity index is 1.44. The third kappa shape index (κ3) is 2.89. The molecule has 5 heteroatoms. The number of anilines is 1. The van der Waals surface area contributed by atoms with Crippen molar-refractivity contribution >= 4 is 22.4 Å². The van der Waals surface area contributed by atoms with Crippen LogP contribution in [0.15, 0.2) is 54.6 Å². The number of rotatable bonds is 4. The second kappa shape index (κ2) is 7.42. The monoisotopic (exact) mass is 403 g/mol. The Bertz CT molecular complexity index is 1110. The van der Waals surface area contributed by atoms with E-state index in [-0.39, 0.29) is 5.91 Å². The van der Waals surface area contributed by atoms with E-state index >= 15 is 0 Å². The van der Waals surface area contributed by atoms with Crippen LogP contribution < -0.4 is 9.64 Å². The van der Waals surface area contributed by atoms with E-state index in [0.29, 0.717) is 26.4 Å². The van der Waals surface area contributed by atoms with E-state index in [9.17, 15) is 4.79 Å². The molecule has 0 atom stereocenters. The summed E-state index contributed by atoms with van der Waals surface area (Å²) in [5.41, 5.74) is 3.77. The molecular weight excluding hydrogens is 378 g/mol. The van der Waals surface area contributed by atoms with Gasteiger partial charge in [0.05, 0.1) is 25.4 Å². The number of hydrogen-bond donors (Lipinski definition) is 0. The highest BCUT2D eigenvalue weighted by Crippen LogP contribution is 2.48. The molecule has 0 saturated carbocycles. The van der Waals surface area contributed by atoms with Crippen LogP contribution in [-0.4, -0.2) is 32.3 Å². The molecule has 1 fully saturated rings. The van der Waals surface area contributed by atoms with Gasteiger partial charge in [-0.2, -0.15) is 0 Å². The summed E-state index contributed by atoms with van der Waals surface area (Å²) < 4.78 is 18.1. The summed E-state index contributed by atoms with van der Waals surface area (Å²) in [5, 5.41) is 2.20. The molecule has 3 aromatic rings. The predicted molar refractivity (Wildman–Crippen MR) is 116 cm³/mol. The van der Waals surface area contributed by atoms with Crippen LogP contribution in [0.1, 0.15) is 23.1 Å². The number of carbonyl (C=O) groups is 1. The first kappa shape index (κ1) is 19.1. The molecule has 0 unspecified atom stereocenters.